The molecule has 0 heterocycles. The topological polar surface area (TPSA) is 58.0 Å². The molecule has 0 saturated heterocycles. The fourth-order valence-electron chi connectivity index (χ4n) is 1.87. The van der Waals surface area contributed by atoms with Crippen LogP contribution in [0.15, 0.2) is 23.3 Å². The van der Waals surface area contributed by atoms with Gasteiger partial charge in [0, 0.05) is 9.74 Å². The standard InChI is InChI=1S/C10H10BrN3O/c1-15-7-3-2-6-4-9(11)10(13-14-12)8(6)5-7/h2-3,5,9-10H,4H2,1H3/t9-,10-/m1/s1. The highest BCUT2D eigenvalue weighted by Crippen LogP contribution is 2.40. The van der Waals surface area contributed by atoms with Crippen molar-refractivity contribution in [3.63, 3.8) is 0 Å². The van der Waals surface area contributed by atoms with E-state index < -0.39 is 0 Å². The molecule has 0 amide bonds. The Hall–Kier alpha value is -1.19. The summed E-state index contributed by atoms with van der Waals surface area (Å²) in [7, 11) is 1.63. The van der Waals surface area contributed by atoms with Gasteiger partial charge in [-0.3, -0.25) is 0 Å². The maximum Gasteiger partial charge on any atom is 0.119 e. The molecule has 5 heteroatoms. The van der Waals surface area contributed by atoms with Gasteiger partial charge in [0.1, 0.15) is 5.75 Å². The summed E-state index contributed by atoms with van der Waals surface area (Å²) in [4.78, 5) is 3.07. The van der Waals surface area contributed by atoms with E-state index in [1.807, 2.05) is 18.2 Å². The van der Waals surface area contributed by atoms with E-state index in [1.54, 1.807) is 7.11 Å². The number of fused-ring (bicyclic) bond motifs is 1. The Morgan fingerprint density at radius 1 is 1.60 bits per heavy atom. The average Bonchev–Trinajstić information content (AvgIpc) is 2.55. The lowest BCUT2D eigenvalue weighted by Crippen LogP contribution is -2.02. The van der Waals surface area contributed by atoms with Crippen molar-refractivity contribution in [3.8, 4) is 5.75 Å². The molecule has 0 aliphatic heterocycles. The van der Waals surface area contributed by atoms with Gasteiger partial charge in [-0.25, -0.2) is 0 Å². The molecule has 4 nitrogen and oxygen atoms in total. The quantitative estimate of drug-likeness (QED) is 0.351. The summed E-state index contributed by atoms with van der Waals surface area (Å²) < 4.78 is 5.15. The van der Waals surface area contributed by atoms with E-state index in [2.05, 4.69) is 26.0 Å². The number of nitrogens with zero attached hydrogens (tertiary/aromatic N) is 3. The van der Waals surface area contributed by atoms with E-state index in [0.29, 0.717) is 0 Å². The molecule has 1 aliphatic rings. The van der Waals surface area contributed by atoms with Gasteiger partial charge in [0.25, 0.3) is 0 Å². The molecule has 0 N–H and O–H groups in total. The minimum Gasteiger partial charge on any atom is -0.497 e. The Kier molecular flexibility index (Phi) is 2.84. The van der Waals surface area contributed by atoms with Crippen LogP contribution in [-0.2, 0) is 6.42 Å². The summed E-state index contributed by atoms with van der Waals surface area (Å²) in [5.41, 5.74) is 10.8. The van der Waals surface area contributed by atoms with Gasteiger partial charge in [0.2, 0.25) is 0 Å². The fourth-order valence-corrected chi connectivity index (χ4v) is 2.61. The zero-order valence-corrected chi connectivity index (χ0v) is 9.81. The van der Waals surface area contributed by atoms with Crippen LogP contribution >= 0.6 is 15.9 Å². The van der Waals surface area contributed by atoms with Crippen molar-refractivity contribution in [2.75, 3.05) is 7.11 Å². The molecule has 2 rings (SSSR count). The molecule has 1 aromatic rings. The van der Waals surface area contributed by atoms with Crippen LogP contribution in [0.4, 0.5) is 0 Å². The van der Waals surface area contributed by atoms with Gasteiger partial charge in [-0.1, -0.05) is 27.1 Å². The van der Waals surface area contributed by atoms with Crippen molar-refractivity contribution < 1.29 is 4.74 Å². The summed E-state index contributed by atoms with van der Waals surface area (Å²) in [5.74, 6) is 0.800. The Labute approximate surface area is 96.0 Å². The van der Waals surface area contributed by atoms with Gasteiger partial charge in [-0.2, -0.15) is 0 Å². The molecule has 78 valence electrons. The summed E-state index contributed by atoms with van der Waals surface area (Å²) >= 11 is 3.53. The molecular formula is C10H10BrN3O. The van der Waals surface area contributed by atoms with Gasteiger partial charge in [-0.15, -0.1) is 0 Å². The first-order valence-corrected chi connectivity index (χ1v) is 5.53. The summed E-state index contributed by atoms with van der Waals surface area (Å²) in [6.07, 6.45) is 0.892. The van der Waals surface area contributed by atoms with Gasteiger partial charge >= 0.3 is 0 Å². The van der Waals surface area contributed by atoms with Crippen LogP contribution in [0.5, 0.6) is 5.75 Å². The largest absolute Gasteiger partial charge is 0.497 e. The maximum absolute atomic E-state index is 8.50. The Morgan fingerprint density at radius 3 is 3.07 bits per heavy atom. The number of ether oxygens (including phenoxy) is 1. The number of benzene rings is 1. The Bertz CT molecular complexity index is 429. The second-order valence-electron chi connectivity index (χ2n) is 3.43. The molecule has 15 heavy (non-hydrogen) atoms. The molecule has 0 saturated carbocycles. The van der Waals surface area contributed by atoms with Crippen LogP contribution in [0.2, 0.25) is 0 Å². The number of hydrogen-bond acceptors (Lipinski definition) is 2. The average molecular weight is 268 g/mol. The van der Waals surface area contributed by atoms with Gasteiger partial charge in [-0.05, 0) is 35.2 Å². The molecular weight excluding hydrogens is 258 g/mol. The smallest absolute Gasteiger partial charge is 0.119 e. The van der Waals surface area contributed by atoms with Crippen LogP contribution in [0.3, 0.4) is 0 Å². The number of hydrogen-bond donors (Lipinski definition) is 0. The molecule has 2 atom stereocenters. The monoisotopic (exact) mass is 267 g/mol. The van der Waals surface area contributed by atoms with Crippen molar-refractivity contribution >= 4 is 15.9 Å². The Morgan fingerprint density at radius 2 is 2.40 bits per heavy atom. The molecule has 0 fully saturated rings. The fraction of sp³-hybridized carbons (Fsp3) is 0.400. The third-order valence-electron chi connectivity index (χ3n) is 2.61. The first-order valence-electron chi connectivity index (χ1n) is 4.61. The van der Waals surface area contributed by atoms with Crippen molar-refractivity contribution in [1.82, 2.24) is 0 Å². The minimum atomic E-state index is -0.125. The van der Waals surface area contributed by atoms with Crippen molar-refractivity contribution in [3.05, 3.63) is 39.8 Å². The minimum absolute atomic E-state index is 0.125. The molecule has 0 aromatic heterocycles. The number of methoxy groups -OCH3 is 1. The lowest BCUT2D eigenvalue weighted by Gasteiger charge is -2.08. The van der Waals surface area contributed by atoms with Crippen molar-refractivity contribution in [2.24, 2.45) is 5.11 Å². The highest BCUT2D eigenvalue weighted by Gasteiger charge is 2.30. The van der Waals surface area contributed by atoms with Gasteiger partial charge in [0.15, 0.2) is 0 Å². The van der Waals surface area contributed by atoms with E-state index in [1.165, 1.54) is 5.56 Å². The van der Waals surface area contributed by atoms with E-state index in [9.17, 15) is 0 Å². The van der Waals surface area contributed by atoms with Crippen LogP contribution in [0.25, 0.3) is 10.4 Å². The second-order valence-corrected chi connectivity index (χ2v) is 4.61. The number of rotatable bonds is 2. The lowest BCUT2D eigenvalue weighted by molar-refractivity contribution is 0.414. The molecule has 0 radical (unpaired) electrons. The SMILES string of the molecule is COc1ccc2c(c1)[C@@H](N=[N+]=[N-])[C@H](Br)C2. The van der Waals surface area contributed by atoms with Crippen LogP contribution in [-0.4, -0.2) is 11.9 Å². The summed E-state index contributed by atoms with van der Waals surface area (Å²) in [6, 6.07) is 5.77. The molecule has 1 aliphatic carbocycles. The van der Waals surface area contributed by atoms with E-state index in [0.717, 1.165) is 17.7 Å². The molecule has 0 unspecified atom stereocenters. The molecule has 1 aromatic carbocycles. The lowest BCUT2D eigenvalue weighted by atomic mass is 10.1. The van der Waals surface area contributed by atoms with E-state index in [4.69, 9.17) is 10.3 Å². The van der Waals surface area contributed by atoms with Gasteiger partial charge < -0.3 is 4.74 Å². The normalized spacial score (nSPS) is 23.1. The van der Waals surface area contributed by atoms with Crippen LogP contribution in [0, 0.1) is 0 Å². The zero-order chi connectivity index (χ0) is 10.8. The third-order valence-corrected chi connectivity index (χ3v) is 3.43. The van der Waals surface area contributed by atoms with Crippen LogP contribution < -0.4 is 4.74 Å². The highest BCUT2D eigenvalue weighted by molar-refractivity contribution is 9.09. The maximum atomic E-state index is 8.50. The predicted octanol–water partition coefficient (Wildman–Crippen LogP) is 3.37. The number of alkyl halides is 1. The third kappa shape index (κ3) is 1.80. The van der Waals surface area contributed by atoms with E-state index >= 15 is 0 Å². The van der Waals surface area contributed by atoms with Gasteiger partial charge in [0.05, 0.1) is 13.2 Å². The Balaban J connectivity index is 2.45. The predicted molar refractivity (Wildman–Crippen MR) is 61.3 cm³/mol. The van der Waals surface area contributed by atoms with Crippen molar-refractivity contribution in [2.45, 2.75) is 17.3 Å². The second kappa shape index (κ2) is 4.13. The van der Waals surface area contributed by atoms with Crippen molar-refractivity contribution in [1.29, 1.82) is 0 Å². The summed E-state index contributed by atoms with van der Waals surface area (Å²) in [6.45, 7) is 0. The highest BCUT2D eigenvalue weighted by atomic mass is 79.9. The molecule has 0 bridgehead atoms. The number of azide groups is 1. The first-order chi connectivity index (χ1) is 7.26. The zero-order valence-electron chi connectivity index (χ0n) is 8.22. The number of halogens is 1. The van der Waals surface area contributed by atoms with E-state index in [-0.39, 0.29) is 10.9 Å². The van der Waals surface area contributed by atoms with Crippen LogP contribution in [0.1, 0.15) is 17.2 Å². The first kappa shape index (κ1) is 10.3. The summed E-state index contributed by atoms with van der Waals surface area (Å²) in [5, 5.41) is 3.80. The molecule has 0 spiro atoms.